The quantitative estimate of drug-likeness (QED) is 0.464. The Kier molecular flexibility index (Phi) is 2.46. The van der Waals surface area contributed by atoms with Gasteiger partial charge in [0.2, 0.25) is 5.91 Å². The van der Waals surface area contributed by atoms with Gasteiger partial charge in [0.25, 0.3) is 5.91 Å². The maximum Gasteiger partial charge on any atom is 0.303 e. The van der Waals surface area contributed by atoms with Crippen molar-refractivity contribution in [2.75, 3.05) is 0 Å². The lowest BCUT2D eigenvalue weighted by Crippen LogP contribution is -2.22. The molecule has 5 heteroatoms. The molecule has 0 bridgehead atoms. The topological polar surface area (TPSA) is 83.5 Å². The van der Waals surface area contributed by atoms with Crippen LogP contribution in [0.15, 0.2) is 12.2 Å². The first-order chi connectivity index (χ1) is 6.02. The van der Waals surface area contributed by atoms with Crippen molar-refractivity contribution < 1.29 is 19.5 Å². The maximum absolute atomic E-state index is 11.0. The summed E-state index contributed by atoms with van der Waals surface area (Å²) in [5.41, 5.74) is 0.159. The molecule has 1 aliphatic heterocycles. The molecule has 1 fully saturated rings. The minimum atomic E-state index is -0.986. The lowest BCUT2D eigenvalue weighted by molar-refractivity contribution is -0.137. The van der Waals surface area contributed by atoms with Gasteiger partial charge in [-0.25, -0.2) is 0 Å². The fraction of sp³-hybridized carbons (Fsp3) is 0.375. The van der Waals surface area contributed by atoms with Crippen molar-refractivity contribution in [2.24, 2.45) is 5.92 Å². The van der Waals surface area contributed by atoms with Gasteiger partial charge in [0, 0.05) is 12.0 Å². The van der Waals surface area contributed by atoms with Crippen LogP contribution in [0.3, 0.4) is 0 Å². The fourth-order valence-corrected chi connectivity index (χ4v) is 1.17. The van der Waals surface area contributed by atoms with Crippen LogP contribution in [0, 0.1) is 5.92 Å². The van der Waals surface area contributed by atoms with E-state index in [1.807, 2.05) is 0 Å². The third-order valence-corrected chi connectivity index (χ3v) is 1.91. The predicted octanol–water partition coefficient (Wildman–Crippen LogP) is -0.320. The molecule has 1 rings (SSSR count). The third-order valence-electron chi connectivity index (χ3n) is 1.91. The van der Waals surface area contributed by atoms with Gasteiger partial charge in [-0.05, 0) is 6.42 Å². The van der Waals surface area contributed by atoms with Gasteiger partial charge >= 0.3 is 5.97 Å². The molecule has 70 valence electrons. The zero-order valence-corrected chi connectivity index (χ0v) is 6.87. The number of hydrogen-bond donors (Lipinski definition) is 2. The number of aliphatic carboxylic acids is 1. The molecule has 0 saturated carbocycles. The number of rotatable bonds is 3. The largest absolute Gasteiger partial charge is 0.481 e. The Labute approximate surface area is 74.4 Å². The summed E-state index contributed by atoms with van der Waals surface area (Å²) in [4.78, 5) is 32.1. The van der Waals surface area contributed by atoms with Crippen molar-refractivity contribution in [3.63, 3.8) is 0 Å². The summed E-state index contributed by atoms with van der Waals surface area (Å²) in [5, 5.41) is 10.4. The van der Waals surface area contributed by atoms with Crippen molar-refractivity contribution in [3.8, 4) is 0 Å². The monoisotopic (exact) mass is 183 g/mol. The Morgan fingerprint density at radius 3 is 2.54 bits per heavy atom. The molecular weight excluding hydrogens is 174 g/mol. The molecule has 2 N–H and O–H groups in total. The van der Waals surface area contributed by atoms with Crippen molar-refractivity contribution in [1.82, 2.24) is 5.32 Å². The molecule has 0 aliphatic carbocycles. The average Bonchev–Trinajstić information content (AvgIpc) is 2.24. The highest BCUT2D eigenvalue weighted by molar-refractivity contribution is 6.14. The summed E-state index contributed by atoms with van der Waals surface area (Å²) in [6.45, 7) is 3.42. The fourth-order valence-electron chi connectivity index (χ4n) is 1.17. The van der Waals surface area contributed by atoms with Crippen LogP contribution in [0.5, 0.6) is 0 Å². The van der Waals surface area contributed by atoms with Crippen LogP contribution in [0.2, 0.25) is 0 Å². The highest BCUT2D eigenvalue weighted by Crippen LogP contribution is 2.21. The van der Waals surface area contributed by atoms with Gasteiger partial charge in [0.15, 0.2) is 0 Å². The van der Waals surface area contributed by atoms with Gasteiger partial charge in [-0.1, -0.05) is 6.58 Å². The molecule has 0 aromatic carbocycles. The van der Waals surface area contributed by atoms with Crippen molar-refractivity contribution in [3.05, 3.63) is 12.2 Å². The lowest BCUT2D eigenvalue weighted by atomic mass is 9.98. The normalized spacial score (nSPS) is 21.8. The first-order valence-corrected chi connectivity index (χ1v) is 3.78. The van der Waals surface area contributed by atoms with Crippen molar-refractivity contribution in [2.45, 2.75) is 12.8 Å². The van der Waals surface area contributed by atoms with Gasteiger partial charge in [-0.2, -0.15) is 0 Å². The van der Waals surface area contributed by atoms with E-state index < -0.39 is 23.7 Å². The average molecular weight is 183 g/mol. The van der Waals surface area contributed by atoms with E-state index in [1.54, 1.807) is 0 Å². The van der Waals surface area contributed by atoms with E-state index in [-0.39, 0.29) is 18.4 Å². The summed E-state index contributed by atoms with van der Waals surface area (Å²) in [7, 11) is 0. The Morgan fingerprint density at radius 2 is 2.15 bits per heavy atom. The van der Waals surface area contributed by atoms with E-state index in [0.717, 1.165) is 0 Å². The van der Waals surface area contributed by atoms with Gasteiger partial charge in [-0.3, -0.25) is 19.7 Å². The molecule has 0 aromatic heterocycles. The molecule has 0 aromatic rings. The number of carboxylic acid groups (broad SMARTS) is 1. The van der Waals surface area contributed by atoms with Crippen LogP contribution in [0.1, 0.15) is 12.8 Å². The molecule has 1 atom stereocenters. The first-order valence-electron chi connectivity index (χ1n) is 3.78. The predicted molar refractivity (Wildman–Crippen MR) is 42.6 cm³/mol. The summed E-state index contributed by atoms with van der Waals surface area (Å²) >= 11 is 0. The Bertz CT molecular complexity index is 295. The number of carbonyl (C=O) groups is 3. The Morgan fingerprint density at radius 1 is 1.54 bits per heavy atom. The molecule has 1 heterocycles. The molecule has 1 saturated heterocycles. The van der Waals surface area contributed by atoms with Crippen LogP contribution in [-0.4, -0.2) is 22.9 Å². The van der Waals surface area contributed by atoms with E-state index in [4.69, 9.17) is 5.11 Å². The van der Waals surface area contributed by atoms with Crippen LogP contribution >= 0.6 is 0 Å². The van der Waals surface area contributed by atoms with Crippen LogP contribution in [0.25, 0.3) is 0 Å². The summed E-state index contributed by atoms with van der Waals surface area (Å²) < 4.78 is 0. The van der Waals surface area contributed by atoms with Crippen LogP contribution < -0.4 is 5.32 Å². The molecule has 0 radical (unpaired) electrons. The van der Waals surface area contributed by atoms with Gasteiger partial charge in [0.1, 0.15) is 0 Å². The van der Waals surface area contributed by atoms with Crippen LogP contribution in [0.4, 0.5) is 0 Å². The number of imide groups is 1. The molecule has 1 aliphatic rings. The van der Waals surface area contributed by atoms with Crippen molar-refractivity contribution >= 4 is 17.8 Å². The number of carboxylic acids is 1. The van der Waals surface area contributed by atoms with E-state index in [0.29, 0.717) is 0 Å². The Hall–Kier alpha value is -1.65. The molecule has 0 spiro atoms. The second-order valence-corrected chi connectivity index (χ2v) is 2.83. The SMILES string of the molecule is C=C1C(=O)NC(=O)[C@@H]1CCC(=O)O. The van der Waals surface area contributed by atoms with E-state index >= 15 is 0 Å². The minimum Gasteiger partial charge on any atom is -0.481 e. The van der Waals surface area contributed by atoms with Gasteiger partial charge in [-0.15, -0.1) is 0 Å². The number of nitrogens with one attached hydrogen (secondary N) is 1. The molecule has 5 nitrogen and oxygen atoms in total. The van der Waals surface area contributed by atoms with E-state index in [9.17, 15) is 14.4 Å². The molecule has 0 unspecified atom stereocenters. The lowest BCUT2D eigenvalue weighted by Gasteiger charge is -2.03. The van der Waals surface area contributed by atoms with E-state index in [1.165, 1.54) is 0 Å². The maximum atomic E-state index is 11.0. The summed E-state index contributed by atoms with van der Waals surface area (Å²) in [5.74, 6) is -2.60. The Balaban J connectivity index is 2.59. The molecule has 13 heavy (non-hydrogen) atoms. The van der Waals surface area contributed by atoms with Gasteiger partial charge in [0.05, 0.1) is 5.92 Å². The minimum absolute atomic E-state index is 0.131. The highest BCUT2D eigenvalue weighted by atomic mass is 16.4. The zero-order valence-electron chi connectivity index (χ0n) is 6.87. The summed E-state index contributed by atoms with van der Waals surface area (Å²) in [6, 6.07) is 0. The van der Waals surface area contributed by atoms with Crippen LogP contribution in [-0.2, 0) is 14.4 Å². The second-order valence-electron chi connectivity index (χ2n) is 2.83. The smallest absolute Gasteiger partial charge is 0.303 e. The third kappa shape index (κ3) is 1.93. The number of carbonyl (C=O) groups excluding carboxylic acids is 2. The zero-order chi connectivity index (χ0) is 10.0. The second kappa shape index (κ2) is 3.38. The first kappa shape index (κ1) is 9.44. The molecule has 2 amide bonds. The van der Waals surface area contributed by atoms with E-state index in [2.05, 4.69) is 11.9 Å². The van der Waals surface area contributed by atoms with Crippen molar-refractivity contribution in [1.29, 1.82) is 0 Å². The number of amides is 2. The standard InChI is InChI=1S/C8H9NO4/c1-4-5(2-3-6(10)11)8(13)9-7(4)12/h5H,1-3H2,(H,10,11)(H,9,12,13)/t5-/m1/s1. The van der Waals surface area contributed by atoms with Gasteiger partial charge < -0.3 is 5.11 Å². The molecular formula is C8H9NO4. The summed E-state index contributed by atoms with van der Waals surface area (Å²) in [6.07, 6.45) is -0.00384. The highest BCUT2D eigenvalue weighted by Gasteiger charge is 2.34. The number of hydrogen-bond acceptors (Lipinski definition) is 3.